The fraction of sp³-hybridized carbons (Fsp3) is 0.333. The summed E-state index contributed by atoms with van der Waals surface area (Å²) >= 11 is 0. The molecule has 1 atom stereocenters. The zero-order valence-electron chi connectivity index (χ0n) is 17.8. The summed E-state index contributed by atoms with van der Waals surface area (Å²) in [7, 11) is 1.58. The number of benzene rings is 1. The molecule has 33 heavy (non-hydrogen) atoms. The van der Waals surface area contributed by atoms with Crippen LogP contribution in [0.25, 0.3) is 11.3 Å². The molecule has 2 aromatic heterocycles. The van der Waals surface area contributed by atoms with E-state index in [0.29, 0.717) is 12.2 Å². The predicted molar refractivity (Wildman–Crippen MR) is 117 cm³/mol. The molecule has 3 heterocycles. The third-order valence-corrected chi connectivity index (χ3v) is 5.37. The number of hydrogen-bond donors (Lipinski definition) is 3. The smallest absolute Gasteiger partial charge is 0.278 e. The number of anilines is 3. The van der Waals surface area contributed by atoms with Gasteiger partial charge < -0.3 is 21.7 Å². The summed E-state index contributed by atoms with van der Waals surface area (Å²) < 4.78 is 44.2. The summed E-state index contributed by atoms with van der Waals surface area (Å²) in [6.07, 6.45) is 2.55. The number of nitrogens with two attached hydrogens (primary N) is 2. The Labute approximate surface area is 187 Å². The molecule has 174 valence electrons. The van der Waals surface area contributed by atoms with Gasteiger partial charge in [0.15, 0.2) is 17.3 Å². The number of nitrogens with one attached hydrogen (secondary N) is 1. The first kappa shape index (κ1) is 22.5. The Hall–Kier alpha value is -3.67. The Bertz CT molecular complexity index is 1180. The molecular formula is C21H23F3N8O. The van der Waals surface area contributed by atoms with Gasteiger partial charge in [0, 0.05) is 31.6 Å². The molecule has 1 aromatic carbocycles. The van der Waals surface area contributed by atoms with E-state index in [4.69, 9.17) is 11.5 Å². The van der Waals surface area contributed by atoms with Crippen molar-refractivity contribution < 1.29 is 18.0 Å². The van der Waals surface area contributed by atoms with Crippen LogP contribution in [0.3, 0.4) is 0 Å². The second kappa shape index (κ2) is 8.70. The number of amides is 1. The first-order chi connectivity index (χ1) is 15.6. The standard InChI is InChI=1S/C21H23F3N8O/c1-31-20(32-7-6-12(25)8-21(23,24)11-32)16(10-28-31)30-19(33)17-18(26)27-9-15(29-17)13-4-2-3-5-14(13)22/h2-5,9-10,12H,6-8,11,25H2,1H3,(H2,26,27)(H,30,33)/t12-/m0/s1. The average molecular weight is 460 g/mol. The molecule has 0 bridgehead atoms. The van der Waals surface area contributed by atoms with Crippen molar-refractivity contribution >= 4 is 23.2 Å². The second-order valence-electron chi connectivity index (χ2n) is 7.96. The maximum Gasteiger partial charge on any atom is 0.278 e. The van der Waals surface area contributed by atoms with Crippen LogP contribution in [0, 0.1) is 5.82 Å². The zero-order chi connectivity index (χ0) is 23.8. The van der Waals surface area contributed by atoms with E-state index < -0.39 is 36.7 Å². The van der Waals surface area contributed by atoms with Crippen molar-refractivity contribution in [2.75, 3.05) is 29.0 Å². The summed E-state index contributed by atoms with van der Waals surface area (Å²) in [5.74, 6) is -4.12. The highest BCUT2D eigenvalue weighted by Gasteiger charge is 2.38. The normalized spacial score (nSPS) is 18.1. The highest BCUT2D eigenvalue weighted by atomic mass is 19.3. The first-order valence-corrected chi connectivity index (χ1v) is 10.2. The molecule has 1 saturated heterocycles. The van der Waals surface area contributed by atoms with E-state index >= 15 is 0 Å². The lowest BCUT2D eigenvalue weighted by atomic mass is 10.1. The van der Waals surface area contributed by atoms with Crippen LogP contribution >= 0.6 is 0 Å². The van der Waals surface area contributed by atoms with Gasteiger partial charge in [0.1, 0.15) is 11.5 Å². The fourth-order valence-electron chi connectivity index (χ4n) is 3.85. The van der Waals surface area contributed by atoms with Crippen molar-refractivity contribution in [3.63, 3.8) is 0 Å². The molecular weight excluding hydrogens is 437 g/mol. The number of aryl methyl sites for hydroxylation is 1. The highest BCUT2D eigenvalue weighted by molar-refractivity contribution is 6.07. The number of alkyl halides is 2. The van der Waals surface area contributed by atoms with Crippen LogP contribution in [0.4, 0.5) is 30.5 Å². The molecule has 0 unspecified atom stereocenters. The molecule has 1 aliphatic rings. The van der Waals surface area contributed by atoms with Gasteiger partial charge in [-0.05, 0) is 18.6 Å². The summed E-state index contributed by atoms with van der Waals surface area (Å²) in [6, 6.07) is 5.28. The lowest BCUT2D eigenvalue weighted by Gasteiger charge is -2.26. The molecule has 12 heteroatoms. The second-order valence-corrected chi connectivity index (χ2v) is 7.96. The van der Waals surface area contributed by atoms with E-state index in [-0.39, 0.29) is 35.0 Å². The van der Waals surface area contributed by atoms with Crippen LogP contribution in [0.2, 0.25) is 0 Å². The van der Waals surface area contributed by atoms with Gasteiger partial charge in [-0.2, -0.15) is 5.10 Å². The van der Waals surface area contributed by atoms with E-state index in [9.17, 15) is 18.0 Å². The summed E-state index contributed by atoms with van der Waals surface area (Å²) in [6.45, 7) is -0.294. The lowest BCUT2D eigenvalue weighted by Crippen LogP contribution is -2.37. The van der Waals surface area contributed by atoms with Crippen LogP contribution in [0.1, 0.15) is 23.3 Å². The molecule has 0 spiro atoms. The van der Waals surface area contributed by atoms with Crippen LogP contribution in [-0.4, -0.2) is 50.7 Å². The number of rotatable bonds is 4. The number of carbonyl (C=O) groups is 1. The van der Waals surface area contributed by atoms with E-state index in [2.05, 4.69) is 20.4 Å². The number of nitrogen functional groups attached to an aromatic ring is 1. The lowest BCUT2D eigenvalue weighted by molar-refractivity contribution is -0.000527. The molecule has 9 nitrogen and oxygen atoms in total. The SMILES string of the molecule is Cn1ncc(NC(=O)c2nc(-c3ccccc3F)cnc2N)c1N1CC[C@H](N)CC(F)(F)C1. The van der Waals surface area contributed by atoms with Gasteiger partial charge in [0.2, 0.25) is 0 Å². The predicted octanol–water partition coefficient (Wildman–Crippen LogP) is 2.41. The van der Waals surface area contributed by atoms with Gasteiger partial charge in [0.25, 0.3) is 11.8 Å². The van der Waals surface area contributed by atoms with Gasteiger partial charge in [0.05, 0.1) is 24.6 Å². The number of carbonyl (C=O) groups excluding carboxylic acids is 1. The molecule has 4 rings (SSSR count). The highest BCUT2D eigenvalue weighted by Crippen LogP contribution is 2.33. The maximum atomic E-state index is 14.3. The van der Waals surface area contributed by atoms with Crippen molar-refractivity contribution in [1.82, 2.24) is 19.7 Å². The third-order valence-electron chi connectivity index (χ3n) is 5.37. The van der Waals surface area contributed by atoms with Crippen LogP contribution in [0.5, 0.6) is 0 Å². The van der Waals surface area contributed by atoms with Crippen molar-refractivity contribution in [3.05, 3.63) is 48.2 Å². The number of nitrogens with zero attached hydrogens (tertiary/aromatic N) is 5. The van der Waals surface area contributed by atoms with Gasteiger partial charge in [-0.1, -0.05) is 12.1 Å². The van der Waals surface area contributed by atoms with Gasteiger partial charge in [-0.15, -0.1) is 0 Å². The molecule has 0 aliphatic carbocycles. The minimum absolute atomic E-state index is 0.125. The summed E-state index contributed by atoms with van der Waals surface area (Å²) in [5, 5.41) is 6.72. The van der Waals surface area contributed by atoms with Crippen molar-refractivity contribution in [1.29, 1.82) is 0 Å². The zero-order valence-corrected chi connectivity index (χ0v) is 17.8. The number of halogens is 3. The van der Waals surface area contributed by atoms with Crippen LogP contribution < -0.4 is 21.7 Å². The molecule has 5 N–H and O–H groups in total. The summed E-state index contributed by atoms with van der Waals surface area (Å²) in [5.41, 5.74) is 11.9. The van der Waals surface area contributed by atoms with Crippen molar-refractivity contribution in [2.45, 2.75) is 24.8 Å². The third kappa shape index (κ3) is 4.75. The Morgan fingerprint density at radius 3 is 2.79 bits per heavy atom. The quantitative estimate of drug-likeness (QED) is 0.545. The molecule has 3 aromatic rings. The monoisotopic (exact) mass is 460 g/mol. The van der Waals surface area contributed by atoms with E-state index in [1.54, 1.807) is 13.1 Å². The topological polar surface area (TPSA) is 128 Å². The molecule has 1 fully saturated rings. The summed E-state index contributed by atoms with van der Waals surface area (Å²) in [4.78, 5) is 22.6. The number of hydrogen-bond acceptors (Lipinski definition) is 7. The molecule has 0 saturated carbocycles. The van der Waals surface area contributed by atoms with Crippen molar-refractivity contribution in [2.24, 2.45) is 12.8 Å². The van der Waals surface area contributed by atoms with Gasteiger partial charge >= 0.3 is 0 Å². The van der Waals surface area contributed by atoms with Crippen LogP contribution in [-0.2, 0) is 7.05 Å². The largest absolute Gasteiger partial charge is 0.382 e. The minimum Gasteiger partial charge on any atom is -0.382 e. The van der Waals surface area contributed by atoms with Gasteiger partial charge in [-0.3, -0.25) is 9.48 Å². The molecule has 0 radical (unpaired) electrons. The first-order valence-electron chi connectivity index (χ1n) is 10.2. The maximum absolute atomic E-state index is 14.3. The van der Waals surface area contributed by atoms with Crippen molar-refractivity contribution in [3.8, 4) is 11.3 Å². The Morgan fingerprint density at radius 2 is 2.03 bits per heavy atom. The minimum atomic E-state index is -2.99. The Balaban J connectivity index is 1.63. The molecule has 1 aliphatic heterocycles. The Kier molecular flexibility index (Phi) is 5.93. The average Bonchev–Trinajstić information content (AvgIpc) is 3.04. The molecule has 1 amide bonds. The van der Waals surface area contributed by atoms with E-state index in [1.807, 2.05) is 0 Å². The number of aromatic nitrogens is 4. The fourth-order valence-corrected chi connectivity index (χ4v) is 3.85. The van der Waals surface area contributed by atoms with Gasteiger partial charge in [-0.25, -0.2) is 23.1 Å². The Morgan fingerprint density at radius 1 is 1.27 bits per heavy atom. The van der Waals surface area contributed by atoms with E-state index in [1.165, 1.54) is 40.2 Å². The van der Waals surface area contributed by atoms with E-state index in [0.717, 1.165) is 0 Å². The van der Waals surface area contributed by atoms with Crippen LogP contribution in [0.15, 0.2) is 36.7 Å².